The summed E-state index contributed by atoms with van der Waals surface area (Å²) in [6, 6.07) is 10.1. The van der Waals surface area contributed by atoms with Crippen molar-refractivity contribution in [1.82, 2.24) is 0 Å². The number of hydrogen-bond donors (Lipinski definition) is 0. The lowest BCUT2D eigenvalue weighted by atomic mass is 9.94. The van der Waals surface area contributed by atoms with Gasteiger partial charge in [0.25, 0.3) is 11.4 Å². The van der Waals surface area contributed by atoms with Crippen molar-refractivity contribution in [1.29, 1.82) is 21.0 Å². The number of nitriles is 4. The molecule has 8 heteroatoms. The summed E-state index contributed by atoms with van der Waals surface area (Å²) in [6.07, 6.45) is 0. The molecule has 1 aromatic rings. The zero-order valence-electron chi connectivity index (χ0n) is 14.7. The Kier molecular flexibility index (Phi) is 4.42. The molecule has 0 aromatic heterocycles. The smallest absolute Gasteiger partial charge is 0.251 e. The summed E-state index contributed by atoms with van der Waals surface area (Å²) in [7, 11) is 0. The predicted octanol–water partition coefficient (Wildman–Crippen LogP) is 4.33. The molecule has 8 nitrogen and oxygen atoms in total. The van der Waals surface area contributed by atoms with Gasteiger partial charge in [0.05, 0.1) is 55.6 Å². The molecule has 2 aliphatic carbocycles. The molecule has 0 saturated carbocycles. The second-order valence-electron chi connectivity index (χ2n) is 5.73. The highest BCUT2D eigenvalue weighted by molar-refractivity contribution is 6.12. The van der Waals surface area contributed by atoms with Crippen LogP contribution >= 0.6 is 0 Å². The van der Waals surface area contributed by atoms with E-state index >= 15 is 0 Å². The van der Waals surface area contributed by atoms with Gasteiger partial charge >= 0.3 is 0 Å². The van der Waals surface area contributed by atoms with Gasteiger partial charge in [-0.2, -0.15) is 10.5 Å². The fourth-order valence-corrected chi connectivity index (χ4v) is 3.39. The summed E-state index contributed by atoms with van der Waals surface area (Å²) in [5.41, 5.74) is -0.289. The maximum Gasteiger partial charge on any atom is 0.270 e. The van der Waals surface area contributed by atoms with Gasteiger partial charge in [0.15, 0.2) is 5.70 Å². The summed E-state index contributed by atoms with van der Waals surface area (Å²) in [5, 5.41) is 37.8. The molecule has 0 heterocycles. The number of nitrogens with zero attached hydrogens (tertiary/aromatic N) is 8. The standard InChI is InChI=1S/C22H2N8/c1-27-17(9-25)19-12-6-14-13(5-11(12)15(7-23)16(19)8-24)20(18(10-26)28-2)22(30-4)21(14)29-3/h5-6H/b19-17+,20-18-. The molecule has 30 heavy (non-hydrogen) atoms. The van der Waals surface area contributed by atoms with Crippen LogP contribution in [0.5, 0.6) is 0 Å². The summed E-state index contributed by atoms with van der Waals surface area (Å²) in [4.78, 5) is 13.0. The van der Waals surface area contributed by atoms with Crippen molar-refractivity contribution >= 4 is 22.4 Å². The Morgan fingerprint density at radius 1 is 0.633 bits per heavy atom. The molecule has 0 fully saturated rings. The quantitative estimate of drug-likeness (QED) is 0.494. The zero-order chi connectivity index (χ0) is 22.0. The van der Waals surface area contributed by atoms with Crippen LogP contribution < -0.4 is 0 Å². The molecule has 0 unspecified atom stereocenters. The van der Waals surface area contributed by atoms with Gasteiger partial charge in [-0.05, 0) is 28.3 Å². The first-order chi connectivity index (χ1) is 14.6. The molecular weight excluding hydrogens is 376 g/mol. The van der Waals surface area contributed by atoms with Crippen molar-refractivity contribution in [2.24, 2.45) is 0 Å². The summed E-state index contributed by atoms with van der Waals surface area (Å²) < 4.78 is 0. The Labute approximate surface area is 170 Å². The van der Waals surface area contributed by atoms with Gasteiger partial charge < -0.3 is 0 Å². The molecule has 0 aliphatic heterocycles. The van der Waals surface area contributed by atoms with Gasteiger partial charge in [-0.3, -0.25) is 4.85 Å². The first kappa shape index (κ1) is 18.9. The zero-order valence-corrected chi connectivity index (χ0v) is 14.7. The molecule has 3 rings (SSSR count). The van der Waals surface area contributed by atoms with Crippen molar-refractivity contribution < 1.29 is 0 Å². The monoisotopic (exact) mass is 378 g/mol. The van der Waals surface area contributed by atoms with E-state index in [2.05, 4.69) is 19.4 Å². The Balaban J connectivity index is 2.59. The SMILES string of the molecule is [C-]#[N+]C1=C([N+]#[C-])c2cc3c(cc2/C1=C(\C#N)[N+]#[C-])C(C#N)=C(C#N)/C3=C(\C#N)[N+]#[C-]. The second kappa shape index (κ2) is 7.02. The van der Waals surface area contributed by atoms with E-state index in [4.69, 9.17) is 26.3 Å². The van der Waals surface area contributed by atoms with E-state index in [9.17, 15) is 21.0 Å². The number of hydrogen-bond acceptors (Lipinski definition) is 4. The molecule has 2 aliphatic rings. The Morgan fingerprint density at radius 3 is 1.60 bits per heavy atom. The number of fused-ring (bicyclic) bond motifs is 2. The van der Waals surface area contributed by atoms with Crippen LogP contribution in [0.4, 0.5) is 0 Å². The fraction of sp³-hybridized carbons (Fsp3) is 0. The van der Waals surface area contributed by atoms with Crippen molar-refractivity contribution in [3.63, 3.8) is 0 Å². The highest BCUT2D eigenvalue weighted by Crippen LogP contribution is 2.50. The van der Waals surface area contributed by atoms with Gasteiger partial charge in [-0.15, -0.1) is 0 Å². The fourth-order valence-electron chi connectivity index (χ4n) is 3.39. The minimum absolute atomic E-state index is 0.00906. The largest absolute Gasteiger partial charge is 0.270 e. The van der Waals surface area contributed by atoms with E-state index in [-0.39, 0.29) is 67.3 Å². The Hall–Kier alpha value is -5.90. The van der Waals surface area contributed by atoms with Gasteiger partial charge in [0, 0.05) is 11.1 Å². The van der Waals surface area contributed by atoms with Crippen LogP contribution in [0.1, 0.15) is 22.3 Å². The van der Waals surface area contributed by atoms with Gasteiger partial charge in [-0.25, -0.2) is 25.1 Å². The van der Waals surface area contributed by atoms with E-state index < -0.39 is 0 Å². The minimum atomic E-state index is -0.385. The summed E-state index contributed by atoms with van der Waals surface area (Å²) in [5.74, 6) is 0. The average Bonchev–Trinajstić information content (AvgIpc) is 3.25. The molecule has 130 valence electrons. The molecular formula is C22H2N8. The third-order valence-corrected chi connectivity index (χ3v) is 4.54. The van der Waals surface area contributed by atoms with Crippen LogP contribution in [0.2, 0.25) is 0 Å². The number of rotatable bonds is 0. The van der Waals surface area contributed by atoms with E-state index in [1.165, 1.54) is 12.1 Å². The van der Waals surface area contributed by atoms with E-state index in [1.54, 1.807) is 12.1 Å². The average molecular weight is 378 g/mol. The third-order valence-electron chi connectivity index (χ3n) is 4.54. The molecule has 0 atom stereocenters. The Morgan fingerprint density at radius 2 is 1.13 bits per heavy atom. The summed E-state index contributed by atoms with van der Waals surface area (Å²) >= 11 is 0. The maximum absolute atomic E-state index is 9.61. The molecule has 0 amide bonds. The molecule has 1 aromatic carbocycles. The van der Waals surface area contributed by atoms with Gasteiger partial charge in [0.1, 0.15) is 6.07 Å². The lowest BCUT2D eigenvalue weighted by Gasteiger charge is -2.10. The van der Waals surface area contributed by atoms with Crippen LogP contribution in [-0.4, -0.2) is 0 Å². The maximum atomic E-state index is 9.61. The molecule has 0 bridgehead atoms. The molecule has 0 radical (unpaired) electrons. The van der Waals surface area contributed by atoms with Crippen molar-refractivity contribution in [3.8, 4) is 24.3 Å². The lowest BCUT2D eigenvalue weighted by molar-refractivity contribution is 1.46. The first-order valence-corrected chi connectivity index (χ1v) is 7.84. The normalized spacial score (nSPS) is 16.3. The predicted molar refractivity (Wildman–Crippen MR) is 103 cm³/mol. The lowest BCUT2D eigenvalue weighted by Crippen LogP contribution is -1.93. The van der Waals surface area contributed by atoms with Gasteiger partial charge in [-0.1, -0.05) is 6.07 Å². The van der Waals surface area contributed by atoms with Crippen molar-refractivity contribution in [3.05, 3.63) is 103 Å². The number of allylic oxidation sites excluding steroid dienone is 6. The molecule has 0 saturated heterocycles. The van der Waals surface area contributed by atoms with Crippen LogP contribution in [0.25, 0.3) is 41.8 Å². The summed E-state index contributed by atoms with van der Waals surface area (Å²) in [6.45, 7) is 29.4. The van der Waals surface area contributed by atoms with Crippen LogP contribution in [0.3, 0.4) is 0 Å². The highest BCUT2D eigenvalue weighted by atomic mass is 14.8. The van der Waals surface area contributed by atoms with Gasteiger partial charge in [0.2, 0.25) is 5.70 Å². The van der Waals surface area contributed by atoms with E-state index in [1.807, 2.05) is 12.1 Å². The van der Waals surface area contributed by atoms with Crippen molar-refractivity contribution in [2.45, 2.75) is 0 Å². The molecule has 0 spiro atoms. The first-order valence-electron chi connectivity index (χ1n) is 7.84. The van der Waals surface area contributed by atoms with Crippen LogP contribution in [0.15, 0.2) is 34.8 Å². The van der Waals surface area contributed by atoms with Crippen molar-refractivity contribution in [2.75, 3.05) is 0 Å². The number of benzene rings is 1. The Bertz CT molecular complexity index is 1400. The molecule has 0 N–H and O–H groups in total. The van der Waals surface area contributed by atoms with Crippen LogP contribution in [-0.2, 0) is 0 Å². The van der Waals surface area contributed by atoms with E-state index in [0.717, 1.165) is 0 Å². The third kappa shape index (κ3) is 2.25. The highest BCUT2D eigenvalue weighted by Gasteiger charge is 2.36. The second-order valence-corrected chi connectivity index (χ2v) is 5.73. The van der Waals surface area contributed by atoms with E-state index in [0.29, 0.717) is 0 Å². The van der Waals surface area contributed by atoms with Crippen LogP contribution in [0, 0.1) is 71.6 Å². The topological polar surface area (TPSA) is 113 Å². The minimum Gasteiger partial charge on any atom is -0.251 e.